The average Bonchev–Trinajstić information content (AvgIpc) is 2.26. The van der Waals surface area contributed by atoms with Crippen LogP contribution in [-0.4, -0.2) is 22.6 Å². The van der Waals surface area contributed by atoms with Crippen molar-refractivity contribution < 1.29 is 9.90 Å². The van der Waals surface area contributed by atoms with Gasteiger partial charge in [0, 0.05) is 15.5 Å². The van der Waals surface area contributed by atoms with Crippen molar-refractivity contribution in [2.45, 2.75) is 30.6 Å². The largest absolute Gasteiger partial charge is 0.478 e. The summed E-state index contributed by atoms with van der Waals surface area (Å²) in [7, 11) is 0. The first kappa shape index (κ1) is 14.5. The van der Waals surface area contributed by atoms with Crippen molar-refractivity contribution in [2.75, 3.05) is 11.5 Å². The predicted molar refractivity (Wildman–Crippen MR) is 75.4 cm³/mol. The van der Waals surface area contributed by atoms with Crippen molar-refractivity contribution in [3.63, 3.8) is 0 Å². The number of aromatic carboxylic acids is 1. The molecule has 0 spiro atoms. The Kier molecular flexibility index (Phi) is 5.92. The van der Waals surface area contributed by atoms with E-state index in [4.69, 9.17) is 0 Å². The second-order valence-corrected chi connectivity index (χ2v) is 6.44. The quantitative estimate of drug-likeness (QED) is 0.784. The van der Waals surface area contributed by atoms with Gasteiger partial charge in [0.25, 0.3) is 0 Å². The average molecular weight is 270 g/mol. The number of hydrogen-bond donors (Lipinski definition) is 1. The second kappa shape index (κ2) is 6.97. The zero-order valence-electron chi connectivity index (χ0n) is 10.4. The molecule has 17 heavy (non-hydrogen) atoms. The van der Waals surface area contributed by atoms with E-state index >= 15 is 0 Å². The van der Waals surface area contributed by atoms with Crippen LogP contribution in [0, 0.1) is 5.92 Å². The maximum Gasteiger partial charge on any atom is 0.337 e. The molecule has 94 valence electrons. The molecular formula is C13H18O2S2. The highest BCUT2D eigenvalue weighted by molar-refractivity contribution is 8.00. The van der Waals surface area contributed by atoms with Crippen LogP contribution in [0.15, 0.2) is 28.0 Å². The van der Waals surface area contributed by atoms with E-state index in [9.17, 15) is 9.90 Å². The van der Waals surface area contributed by atoms with Crippen molar-refractivity contribution in [1.29, 1.82) is 0 Å². The Morgan fingerprint density at radius 2 is 1.88 bits per heavy atom. The van der Waals surface area contributed by atoms with E-state index in [2.05, 4.69) is 13.8 Å². The highest BCUT2D eigenvalue weighted by Crippen LogP contribution is 2.32. The van der Waals surface area contributed by atoms with Crippen molar-refractivity contribution in [3.05, 3.63) is 23.8 Å². The third kappa shape index (κ3) is 4.28. The van der Waals surface area contributed by atoms with Crippen LogP contribution < -0.4 is 0 Å². The van der Waals surface area contributed by atoms with Gasteiger partial charge in [0.1, 0.15) is 0 Å². The first-order valence-corrected chi connectivity index (χ1v) is 7.65. The topological polar surface area (TPSA) is 37.3 Å². The Hall–Kier alpha value is -0.610. The molecule has 1 aromatic rings. The molecule has 0 heterocycles. The Balaban J connectivity index is 3.02. The SMILES string of the molecule is CCSc1cccc(SCC(C)C)c1C(=O)O. The van der Waals surface area contributed by atoms with E-state index in [1.807, 2.05) is 25.1 Å². The molecule has 0 aliphatic carbocycles. The molecule has 1 rings (SSSR count). The molecule has 4 heteroatoms. The van der Waals surface area contributed by atoms with Gasteiger partial charge in [0.15, 0.2) is 0 Å². The number of rotatable bonds is 6. The zero-order chi connectivity index (χ0) is 12.8. The summed E-state index contributed by atoms with van der Waals surface area (Å²) < 4.78 is 0. The fourth-order valence-electron chi connectivity index (χ4n) is 1.37. The molecule has 1 N–H and O–H groups in total. The van der Waals surface area contributed by atoms with E-state index in [0.717, 1.165) is 21.3 Å². The third-order valence-electron chi connectivity index (χ3n) is 2.07. The lowest BCUT2D eigenvalue weighted by molar-refractivity contribution is 0.0689. The Morgan fingerprint density at radius 3 is 2.35 bits per heavy atom. The molecule has 0 bridgehead atoms. The molecule has 0 atom stereocenters. The number of thioether (sulfide) groups is 2. The van der Waals surface area contributed by atoms with Crippen molar-refractivity contribution in [3.8, 4) is 0 Å². The standard InChI is InChI=1S/C13H18O2S2/c1-4-16-10-6-5-7-11(12(10)13(14)15)17-8-9(2)3/h5-7,9H,4,8H2,1-3H3,(H,14,15). The summed E-state index contributed by atoms with van der Waals surface area (Å²) in [5.74, 6) is 1.57. The van der Waals surface area contributed by atoms with Gasteiger partial charge >= 0.3 is 5.97 Å². The first-order chi connectivity index (χ1) is 8.06. The molecule has 0 unspecified atom stereocenters. The van der Waals surface area contributed by atoms with Crippen LogP contribution in [0.4, 0.5) is 0 Å². The second-order valence-electron chi connectivity index (χ2n) is 4.07. The first-order valence-electron chi connectivity index (χ1n) is 5.68. The Labute approximate surface area is 111 Å². The molecule has 0 fully saturated rings. The number of carboxylic acid groups (broad SMARTS) is 1. The summed E-state index contributed by atoms with van der Waals surface area (Å²) in [4.78, 5) is 13.1. The number of carbonyl (C=O) groups is 1. The minimum atomic E-state index is -0.826. The lowest BCUT2D eigenvalue weighted by atomic mass is 10.2. The van der Waals surface area contributed by atoms with Crippen LogP contribution in [-0.2, 0) is 0 Å². The van der Waals surface area contributed by atoms with Crippen LogP contribution in [0.2, 0.25) is 0 Å². The highest BCUT2D eigenvalue weighted by Gasteiger charge is 2.15. The Morgan fingerprint density at radius 1 is 1.29 bits per heavy atom. The molecule has 0 aromatic heterocycles. The van der Waals surface area contributed by atoms with Crippen LogP contribution in [0.3, 0.4) is 0 Å². The maximum absolute atomic E-state index is 11.3. The summed E-state index contributed by atoms with van der Waals surface area (Å²) in [6, 6.07) is 5.72. The third-order valence-corrected chi connectivity index (χ3v) is 4.50. The summed E-state index contributed by atoms with van der Waals surface area (Å²) >= 11 is 3.21. The predicted octanol–water partition coefficient (Wildman–Crippen LogP) is 4.24. The zero-order valence-corrected chi connectivity index (χ0v) is 12.0. The van der Waals surface area contributed by atoms with Gasteiger partial charge in [0.05, 0.1) is 5.56 Å². The fraction of sp³-hybridized carbons (Fsp3) is 0.462. The number of carboxylic acids is 1. The summed E-state index contributed by atoms with van der Waals surface area (Å²) in [6.45, 7) is 6.31. The van der Waals surface area contributed by atoms with Gasteiger partial charge in [-0.3, -0.25) is 0 Å². The van der Waals surface area contributed by atoms with Gasteiger partial charge < -0.3 is 5.11 Å². The normalized spacial score (nSPS) is 10.8. The van der Waals surface area contributed by atoms with Crippen LogP contribution in [0.5, 0.6) is 0 Å². The highest BCUT2D eigenvalue weighted by atomic mass is 32.2. The lowest BCUT2D eigenvalue weighted by Gasteiger charge is -2.11. The van der Waals surface area contributed by atoms with E-state index in [0.29, 0.717) is 11.5 Å². The molecule has 2 nitrogen and oxygen atoms in total. The van der Waals surface area contributed by atoms with Gasteiger partial charge in [0.2, 0.25) is 0 Å². The minimum Gasteiger partial charge on any atom is -0.478 e. The monoisotopic (exact) mass is 270 g/mol. The van der Waals surface area contributed by atoms with Gasteiger partial charge in [-0.25, -0.2) is 4.79 Å². The van der Waals surface area contributed by atoms with Crippen molar-refractivity contribution in [1.82, 2.24) is 0 Å². The molecule has 0 saturated heterocycles. The van der Waals surface area contributed by atoms with E-state index in [1.54, 1.807) is 23.5 Å². The van der Waals surface area contributed by atoms with Crippen LogP contribution in [0.1, 0.15) is 31.1 Å². The van der Waals surface area contributed by atoms with Crippen LogP contribution >= 0.6 is 23.5 Å². The molecule has 0 saturated carbocycles. The maximum atomic E-state index is 11.3. The van der Waals surface area contributed by atoms with E-state index in [-0.39, 0.29) is 0 Å². The summed E-state index contributed by atoms with van der Waals surface area (Å²) in [5, 5.41) is 9.31. The van der Waals surface area contributed by atoms with Gasteiger partial charge in [-0.15, -0.1) is 23.5 Å². The lowest BCUT2D eigenvalue weighted by Crippen LogP contribution is -2.02. The molecule has 0 amide bonds. The number of hydrogen-bond acceptors (Lipinski definition) is 3. The smallest absolute Gasteiger partial charge is 0.337 e. The van der Waals surface area contributed by atoms with Gasteiger partial charge in [-0.2, -0.15) is 0 Å². The minimum absolute atomic E-state index is 0.463. The van der Waals surface area contributed by atoms with Gasteiger partial charge in [-0.05, 0) is 23.8 Å². The van der Waals surface area contributed by atoms with Crippen molar-refractivity contribution in [2.24, 2.45) is 5.92 Å². The van der Waals surface area contributed by atoms with E-state index in [1.165, 1.54) is 0 Å². The number of benzene rings is 1. The molecule has 1 aromatic carbocycles. The molecule has 0 aliphatic rings. The summed E-state index contributed by atoms with van der Waals surface area (Å²) in [6.07, 6.45) is 0. The fourth-order valence-corrected chi connectivity index (χ4v) is 3.30. The Bertz CT molecular complexity index is 389. The van der Waals surface area contributed by atoms with Gasteiger partial charge in [-0.1, -0.05) is 26.8 Å². The van der Waals surface area contributed by atoms with E-state index < -0.39 is 5.97 Å². The van der Waals surface area contributed by atoms with Crippen LogP contribution in [0.25, 0.3) is 0 Å². The molecule has 0 radical (unpaired) electrons. The molecule has 0 aliphatic heterocycles. The van der Waals surface area contributed by atoms with Crippen molar-refractivity contribution >= 4 is 29.5 Å². The summed E-state index contributed by atoms with van der Waals surface area (Å²) in [5.41, 5.74) is 0.463. The molecular weight excluding hydrogens is 252 g/mol.